The van der Waals surface area contributed by atoms with Gasteiger partial charge >= 0.3 is 0 Å². The van der Waals surface area contributed by atoms with E-state index in [1.165, 1.54) is 11.1 Å². The molecule has 2 unspecified atom stereocenters. The Morgan fingerprint density at radius 3 is 2.62 bits per heavy atom. The zero-order valence-corrected chi connectivity index (χ0v) is 12.1. The van der Waals surface area contributed by atoms with Crippen molar-refractivity contribution < 1.29 is 4.79 Å². The van der Waals surface area contributed by atoms with Gasteiger partial charge in [-0.3, -0.25) is 4.79 Å². The first-order chi connectivity index (χ1) is 10.1. The number of hydrogen-bond donors (Lipinski definition) is 3. The summed E-state index contributed by atoms with van der Waals surface area (Å²) in [5.41, 5.74) is 15.0. The van der Waals surface area contributed by atoms with Gasteiger partial charge < -0.3 is 16.8 Å². The van der Waals surface area contributed by atoms with Crippen LogP contribution in [0.25, 0.3) is 0 Å². The molecule has 2 aromatic carbocycles. The molecule has 4 nitrogen and oxygen atoms in total. The Labute approximate surface area is 128 Å². The largest absolute Gasteiger partial charge is 0.378 e. The molecule has 0 heterocycles. The molecule has 2 atom stereocenters. The number of carbonyl (C=O) groups is 1. The van der Waals surface area contributed by atoms with Crippen molar-refractivity contribution in [3.63, 3.8) is 0 Å². The molecule has 5 N–H and O–H groups in total. The zero-order chi connectivity index (χ0) is 15.0. The maximum absolute atomic E-state index is 11.4. The van der Waals surface area contributed by atoms with Gasteiger partial charge in [-0.1, -0.05) is 35.9 Å². The van der Waals surface area contributed by atoms with E-state index in [1.807, 2.05) is 18.2 Å². The fourth-order valence-corrected chi connectivity index (χ4v) is 3.03. The number of anilines is 1. The minimum absolute atomic E-state index is 0.0293. The summed E-state index contributed by atoms with van der Waals surface area (Å²) in [4.78, 5) is 11.4. The number of nitrogens with one attached hydrogen (secondary N) is 1. The third-order valence-electron chi connectivity index (χ3n) is 3.83. The van der Waals surface area contributed by atoms with E-state index in [9.17, 15) is 4.79 Å². The molecule has 5 heteroatoms. The Morgan fingerprint density at radius 2 is 1.90 bits per heavy atom. The first-order valence-electron chi connectivity index (χ1n) is 6.76. The lowest BCUT2D eigenvalue weighted by Gasteiger charge is -2.16. The van der Waals surface area contributed by atoms with E-state index < -0.39 is 5.91 Å². The minimum Gasteiger partial charge on any atom is -0.378 e. The lowest BCUT2D eigenvalue weighted by atomic mass is 10.1. The summed E-state index contributed by atoms with van der Waals surface area (Å²) in [5, 5.41) is 3.76. The molecule has 0 spiro atoms. The van der Waals surface area contributed by atoms with Gasteiger partial charge in [-0.2, -0.15) is 0 Å². The fraction of sp³-hybridized carbons (Fsp3) is 0.188. The van der Waals surface area contributed by atoms with E-state index in [1.54, 1.807) is 12.1 Å². The Hall–Kier alpha value is -2.04. The highest BCUT2D eigenvalue weighted by atomic mass is 35.5. The average Bonchev–Trinajstić information content (AvgIpc) is 2.78. The monoisotopic (exact) mass is 301 g/mol. The molecule has 2 aromatic rings. The summed E-state index contributed by atoms with van der Waals surface area (Å²) in [5.74, 6) is -0.535. The SMILES string of the molecule is NC(=O)c1cc(NC2CC(N)c3ccccc32)ccc1Cl. The Bertz CT molecular complexity index is 702. The number of rotatable bonds is 3. The van der Waals surface area contributed by atoms with Crippen LogP contribution in [0.2, 0.25) is 5.02 Å². The molecule has 1 aliphatic carbocycles. The van der Waals surface area contributed by atoms with Crippen LogP contribution in [0.5, 0.6) is 0 Å². The lowest BCUT2D eigenvalue weighted by Crippen LogP contribution is -2.13. The molecule has 0 aliphatic heterocycles. The topological polar surface area (TPSA) is 81.1 Å². The van der Waals surface area contributed by atoms with Gasteiger partial charge in [0.2, 0.25) is 5.91 Å². The van der Waals surface area contributed by atoms with Crippen molar-refractivity contribution in [3.05, 3.63) is 64.2 Å². The summed E-state index contributed by atoms with van der Waals surface area (Å²) in [6.07, 6.45) is 0.813. The molecule has 21 heavy (non-hydrogen) atoms. The third-order valence-corrected chi connectivity index (χ3v) is 4.16. The van der Waals surface area contributed by atoms with Gasteiger partial charge in [0.05, 0.1) is 16.6 Å². The van der Waals surface area contributed by atoms with Crippen molar-refractivity contribution in [2.45, 2.75) is 18.5 Å². The van der Waals surface area contributed by atoms with Gasteiger partial charge in [0, 0.05) is 11.7 Å². The quantitative estimate of drug-likeness (QED) is 0.815. The van der Waals surface area contributed by atoms with Gasteiger partial charge in [-0.05, 0) is 35.7 Å². The van der Waals surface area contributed by atoms with E-state index in [0.29, 0.717) is 10.6 Å². The van der Waals surface area contributed by atoms with Gasteiger partial charge in [0.1, 0.15) is 0 Å². The van der Waals surface area contributed by atoms with Crippen LogP contribution >= 0.6 is 11.6 Å². The van der Waals surface area contributed by atoms with E-state index in [-0.39, 0.29) is 12.1 Å². The molecule has 0 saturated heterocycles. The highest BCUT2D eigenvalue weighted by Crippen LogP contribution is 2.39. The van der Waals surface area contributed by atoms with Crippen molar-refractivity contribution in [3.8, 4) is 0 Å². The second-order valence-corrected chi connectivity index (χ2v) is 5.63. The number of primary amides is 1. The van der Waals surface area contributed by atoms with E-state index in [0.717, 1.165) is 12.1 Å². The molecule has 3 rings (SSSR count). The van der Waals surface area contributed by atoms with Crippen LogP contribution in [-0.2, 0) is 0 Å². The molecular formula is C16H16ClN3O. The van der Waals surface area contributed by atoms with Crippen molar-refractivity contribution in [1.82, 2.24) is 0 Å². The van der Waals surface area contributed by atoms with Crippen molar-refractivity contribution in [2.24, 2.45) is 11.5 Å². The number of halogens is 1. The summed E-state index contributed by atoms with van der Waals surface area (Å²) in [6, 6.07) is 13.5. The number of hydrogen-bond acceptors (Lipinski definition) is 3. The highest BCUT2D eigenvalue weighted by Gasteiger charge is 2.28. The number of amides is 1. The molecule has 108 valence electrons. The highest BCUT2D eigenvalue weighted by molar-refractivity contribution is 6.33. The van der Waals surface area contributed by atoms with Crippen molar-refractivity contribution in [2.75, 3.05) is 5.32 Å². The lowest BCUT2D eigenvalue weighted by molar-refractivity contribution is 0.100. The van der Waals surface area contributed by atoms with Crippen LogP contribution in [0.1, 0.15) is 40.0 Å². The predicted molar refractivity (Wildman–Crippen MR) is 84.3 cm³/mol. The van der Waals surface area contributed by atoms with Crippen molar-refractivity contribution >= 4 is 23.2 Å². The van der Waals surface area contributed by atoms with Gasteiger partial charge in [-0.15, -0.1) is 0 Å². The van der Waals surface area contributed by atoms with Gasteiger partial charge in [-0.25, -0.2) is 0 Å². The van der Waals surface area contributed by atoms with Crippen LogP contribution in [0.3, 0.4) is 0 Å². The third kappa shape index (κ3) is 2.60. The summed E-state index contributed by atoms with van der Waals surface area (Å²) in [6.45, 7) is 0. The zero-order valence-electron chi connectivity index (χ0n) is 11.3. The first kappa shape index (κ1) is 13.9. The molecule has 0 aromatic heterocycles. The second kappa shape index (κ2) is 5.39. The van der Waals surface area contributed by atoms with Crippen LogP contribution in [-0.4, -0.2) is 5.91 Å². The molecule has 0 fully saturated rings. The summed E-state index contributed by atoms with van der Waals surface area (Å²) < 4.78 is 0. The van der Waals surface area contributed by atoms with Gasteiger partial charge in [0.15, 0.2) is 0 Å². The van der Waals surface area contributed by atoms with E-state index in [4.69, 9.17) is 23.1 Å². The fourth-order valence-electron chi connectivity index (χ4n) is 2.82. The number of nitrogens with two attached hydrogens (primary N) is 2. The molecule has 0 bridgehead atoms. The molecular weight excluding hydrogens is 286 g/mol. The molecule has 1 aliphatic rings. The Kier molecular flexibility index (Phi) is 3.57. The smallest absolute Gasteiger partial charge is 0.250 e. The summed E-state index contributed by atoms with van der Waals surface area (Å²) >= 11 is 5.96. The normalized spacial score (nSPS) is 20.1. The first-order valence-corrected chi connectivity index (χ1v) is 7.14. The maximum atomic E-state index is 11.4. The second-order valence-electron chi connectivity index (χ2n) is 5.23. The number of fused-ring (bicyclic) bond motifs is 1. The summed E-state index contributed by atoms with van der Waals surface area (Å²) in [7, 11) is 0. The van der Waals surface area contributed by atoms with E-state index in [2.05, 4.69) is 17.4 Å². The van der Waals surface area contributed by atoms with Crippen LogP contribution in [0.4, 0.5) is 5.69 Å². The molecule has 1 amide bonds. The Morgan fingerprint density at radius 1 is 1.19 bits per heavy atom. The van der Waals surface area contributed by atoms with Crippen LogP contribution in [0.15, 0.2) is 42.5 Å². The average molecular weight is 302 g/mol. The van der Waals surface area contributed by atoms with E-state index >= 15 is 0 Å². The predicted octanol–water partition coefficient (Wildman–Crippen LogP) is 3.00. The Balaban J connectivity index is 1.89. The molecule has 0 saturated carbocycles. The van der Waals surface area contributed by atoms with Crippen molar-refractivity contribution in [1.29, 1.82) is 0 Å². The molecule has 0 radical (unpaired) electrons. The van der Waals surface area contributed by atoms with Gasteiger partial charge in [0.25, 0.3) is 0 Å². The maximum Gasteiger partial charge on any atom is 0.250 e. The standard InChI is InChI=1S/C16H16ClN3O/c17-13-6-5-9(7-12(13)16(19)21)20-15-8-14(18)10-3-1-2-4-11(10)15/h1-7,14-15,20H,8,18H2,(H2,19,21). The van der Waals surface area contributed by atoms with Crippen LogP contribution in [0, 0.1) is 0 Å². The number of benzene rings is 2. The number of carbonyl (C=O) groups excluding carboxylic acids is 1. The van der Waals surface area contributed by atoms with Crippen LogP contribution < -0.4 is 16.8 Å². The minimum atomic E-state index is -0.535.